The van der Waals surface area contributed by atoms with Gasteiger partial charge in [0.15, 0.2) is 11.5 Å². The molecule has 0 saturated carbocycles. The summed E-state index contributed by atoms with van der Waals surface area (Å²) >= 11 is 0. The second kappa shape index (κ2) is 9.08. The maximum atomic E-state index is 12.8. The molecule has 2 heterocycles. The van der Waals surface area contributed by atoms with Gasteiger partial charge in [-0.1, -0.05) is 18.2 Å². The molecule has 0 aliphatic carbocycles. The van der Waals surface area contributed by atoms with Gasteiger partial charge in [-0.05, 0) is 42.3 Å². The van der Waals surface area contributed by atoms with Gasteiger partial charge in [-0.15, -0.1) is 0 Å². The Kier molecular flexibility index (Phi) is 6.23. The topological polar surface area (TPSA) is 88.5 Å². The number of carboxylic acid groups (broad SMARTS) is 1. The number of aliphatic carboxylic acids is 1. The van der Waals surface area contributed by atoms with Crippen LogP contribution in [0.15, 0.2) is 42.5 Å². The second-order valence-corrected chi connectivity index (χ2v) is 8.14. The highest BCUT2D eigenvalue weighted by Gasteiger charge is 2.48. The Balaban J connectivity index is 1.72. The van der Waals surface area contributed by atoms with Crippen LogP contribution in [0, 0.1) is 5.92 Å². The van der Waals surface area contributed by atoms with Crippen LogP contribution >= 0.6 is 0 Å². The van der Waals surface area contributed by atoms with Crippen LogP contribution in [0.2, 0.25) is 0 Å². The number of carbonyl (C=O) groups is 2. The summed E-state index contributed by atoms with van der Waals surface area (Å²) in [5.74, 6) is -0.0137. The highest BCUT2D eigenvalue weighted by Crippen LogP contribution is 2.47. The predicted octanol–water partition coefficient (Wildman–Crippen LogP) is 2.74. The molecule has 170 valence electrons. The molecule has 32 heavy (non-hydrogen) atoms. The Morgan fingerprint density at radius 3 is 2.47 bits per heavy atom. The predicted molar refractivity (Wildman–Crippen MR) is 117 cm³/mol. The van der Waals surface area contributed by atoms with Crippen molar-refractivity contribution in [2.75, 3.05) is 40.6 Å². The van der Waals surface area contributed by atoms with Gasteiger partial charge in [-0.2, -0.15) is 0 Å². The number of hydrogen-bond acceptors (Lipinski definition) is 6. The molecule has 1 fully saturated rings. The summed E-state index contributed by atoms with van der Waals surface area (Å²) in [6, 6.07) is 12.5. The summed E-state index contributed by atoms with van der Waals surface area (Å²) in [4.78, 5) is 28.9. The first kappa shape index (κ1) is 22.0. The summed E-state index contributed by atoms with van der Waals surface area (Å²) in [6.45, 7) is 3.25. The summed E-state index contributed by atoms with van der Waals surface area (Å²) in [7, 11) is 3.34. The number of hydrogen-bond donors (Lipinski definition) is 1. The van der Waals surface area contributed by atoms with Crippen LogP contribution in [0.3, 0.4) is 0 Å². The first-order valence-electron chi connectivity index (χ1n) is 10.7. The van der Waals surface area contributed by atoms with E-state index in [0.29, 0.717) is 30.3 Å². The number of methoxy groups -OCH3 is 1. The Labute approximate surface area is 187 Å². The molecule has 4 rings (SSSR count). The number of nitrogens with zero attached hydrogens (tertiary/aromatic N) is 2. The Bertz CT molecular complexity index is 992. The minimum absolute atomic E-state index is 0.0403. The van der Waals surface area contributed by atoms with Crippen LogP contribution in [0.25, 0.3) is 0 Å². The van der Waals surface area contributed by atoms with E-state index in [1.165, 1.54) is 0 Å². The van der Waals surface area contributed by atoms with Crippen molar-refractivity contribution >= 4 is 11.9 Å². The molecule has 2 aromatic rings. The fourth-order valence-electron chi connectivity index (χ4n) is 4.54. The highest BCUT2D eigenvalue weighted by atomic mass is 16.7. The largest absolute Gasteiger partial charge is 0.497 e. The molecule has 0 bridgehead atoms. The first-order chi connectivity index (χ1) is 15.4. The Morgan fingerprint density at radius 2 is 1.81 bits per heavy atom. The summed E-state index contributed by atoms with van der Waals surface area (Å²) in [5, 5.41) is 10.3. The molecule has 1 amide bonds. The Hall–Kier alpha value is -3.26. The van der Waals surface area contributed by atoms with Crippen molar-refractivity contribution in [3.63, 3.8) is 0 Å². The zero-order valence-corrected chi connectivity index (χ0v) is 18.5. The van der Waals surface area contributed by atoms with Crippen LogP contribution < -0.4 is 14.2 Å². The van der Waals surface area contributed by atoms with E-state index in [2.05, 4.69) is 0 Å². The van der Waals surface area contributed by atoms with E-state index in [9.17, 15) is 14.7 Å². The normalized spacial score (nSPS) is 22.0. The van der Waals surface area contributed by atoms with E-state index in [1.807, 2.05) is 54.3 Å². The number of likely N-dealkylation sites (N-methyl/N-ethyl adjacent to an activating group) is 1. The third-order valence-electron chi connectivity index (χ3n) is 6.40. The van der Waals surface area contributed by atoms with E-state index in [4.69, 9.17) is 14.2 Å². The number of likely N-dealkylation sites (tertiary alicyclic amines) is 1. The average Bonchev–Trinajstić information content (AvgIpc) is 3.42. The van der Waals surface area contributed by atoms with Crippen LogP contribution in [0.5, 0.6) is 17.2 Å². The molecule has 0 unspecified atom stereocenters. The zero-order chi connectivity index (χ0) is 22.8. The fourth-order valence-corrected chi connectivity index (χ4v) is 4.54. The van der Waals surface area contributed by atoms with E-state index in [0.717, 1.165) is 11.1 Å². The summed E-state index contributed by atoms with van der Waals surface area (Å²) < 4.78 is 16.2. The monoisotopic (exact) mass is 440 g/mol. The lowest BCUT2D eigenvalue weighted by Crippen LogP contribution is -2.39. The van der Waals surface area contributed by atoms with E-state index in [1.54, 1.807) is 19.1 Å². The summed E-state index contributed by atoms with van der Waals surface area (Å²) in [5.41, 5.74) is 1.70. The van der Waals surface area contributed by atoms with Gasteiger partial charge in [0.2, 0.25) is 12.7 Å². The van der Waals surface area contributed by atoms with E-state index in [-0.39, 0.29) is 25.2 Å². The number of fused-ring (bicyclic) bond motifs is 1. The molecule has 8 nitrogen and oxygen atoms in total. The van der Waals surface area contributed by atoms with Crippen molar-refractivity contribution in [2.24, 2.45) is 5.92 Å². The van der Waals surface area contributed by atoms with Crippen LogP contribution in [-0.4, -0.2) is 67.4 Å². The molecular formula is C24H28N2O6. The zero-order valence-electron chi connectivity index (χ0n) is 18.5. The molecular weight excluding hydrogens is 412 g/mol. The van der Waals surface area contributed by atoms with Crippen LogP contribution in [0.1, 0.15) is 30.0 Å². The number of amides is 1. The van der Waals surface area contributed by atoms with Gasteiger partial charge in [-0.3, -0.25) is 14.5 Å². The van der Waals surface area contributed by atoms with Gasteiger partial charge in [0.25, 0.3) is 0 Å². The maximum Gasteiger partial charge on any atom is 0.309 e. The molecule has 2 aliphatic heterocycles. The van der Waals surface area contributed by atoms with Gasteiger partial charge in [0, 0.05) is 32.1 Å². The maximum absolute atomic E-state index is 12.8. The summed E-state index contributed by atoms with van der Waals surface area (Å²) in [6.07, 6.45) is 0. The van der Waals surface area contributed by atoms with Crippen molar-refractivity contribution in [1.29, 1.82) is 0 Å². The Morgan fingerprint density at radius 1 is 1.12 bits per heavy atom. The highest BCUT2D eigenvalue weighted by molar-refractivity contribution is 5.79. The molecule has 0 spiro atoms. The molecule has 8 heteroatoms. The second-order valence-electron chi connectivity index (χ2n) is 8.14. The molecule has 0 radical (unpaired) electrons. The third kappa shape index (κ3) is 4.10. The molecule has 0 aromatic heterocycles. The fraction of sp³-hybridized carbons (Fsp3) is 0.417. The lowest BCUT2D eigenvalue weighted by atomic mass is 9.82. The molecule has 2 aliphatic rings. The van der Waals surface area contributed by atoms with Gasteiger partial charge in [0.1, 0.15) is 5.75 Å². The lowest BCUT2D eigenvalue weighted by molar-refractivity contribution is -0.143. The molecule has 1 N–H and O–H groups in total. The number of ether oxygens (including phenoxy) is 3. The van der Waals surface area contributed by atoms with Crippen molar-refractivity contribution in [3.05, 3.63) is 53.6 Å². The number of carbonyl (C=O) groups excluding carboxylic acids is 1. The first-order valence-corrected chi connectivity index (χ1v) is 10.7. The number of benzene rings is 2. The standard InChI is InChI=1S/C24H28N2O6/c1-4-25(2)21(27)13-26-12-18(16-7-10-19-20(11-16)32-14-31-19)22(24(28)29)23(26)15-5-8-17(30-3)9-6-15/h5-11,18,22-23H,4,12-14H2,1-3H3,(H,28,29)/t18-,22+,23-/m1/s1. The van der Waals surface area contributed by atoms with Gasteiger partial charge in [0.05, 0.1) is 19.6 Å². The van der Waals surface area contributed by atoms with E-state index < -0.39 is 17.9 Å². The number of rotatable bonds is 7. The minimum atomic E-state index is -0.896. The van der Waals surface area contributed by atoms with Crippen molar-refractivity contribution in [1.82, 2.24) is 9.80 Å². The van der Waals surface area contributed by atoms with Crippen LogP contribution in [0.4, 0.5) is 0 Å². The van der Waals surface area contributed by atoms with Gasteiger partial charge in [-0.25, -0.2) is 0 Å². The SMILES string of the molecule is CCN(C)C(=O)CN1C[C@H](c2ccc3c(c2)OCO3)[C@H](C(=O)O)[C@H]1c1ccc(OC)cc1. The van der Waals surface area contributed by atoms with Crippen LogP contribution in [-0.2, 0) is 9.59 Å². The molecule has 2 aromatic carbocycles. The van der Waals surface area contributed by atoms with Crippen molar-refractivity contribution in [2.45, 2.75) is 18.9 Å². The number of carboxylic acids is 1. The van der Waals surface area contributed by atoms with E-state index >= 15 is 0 Å². The third-order valence-corrected chi connectivity index (χ3v) is 6.40. The van der Waals surface area contributed by atoms with Crippen molar-refractivity contribution in [3.8, 4) is 17.2 Å². The molecule has 3 atom stereocenters. The lowest BCUT2D eigenvalue weighted by Gasteiger charge is -2.28. The van der Waals surface area contributed by atoms with Gasteiger partial charge >= 0.3 is 5.97 Å². The van der Waals surface area contributed by atoms with Gasteiger partial charge < -0.3 is 24.2 Å². The van der Waals surface area contributed by atoms with Crippen molar-refractivity contribution < 1.29 is 28.9 Å². The minimum Gasteiger partial charge on any atom is -0.497 e. The smallest absolute Gasteiger partial charge is 0.309 e. The quantitative estimate of drug-likeness (QED) is 0.708. The molecule has 1 saturated heterocycles. The average molecular weight is 440 g/mol.